The van der Waals surface area contributed by atoms with Crippen LogP contribution in [0.15, 0.2) is 22.6 Å². The molecule has 0 spiro atoms. The maximum Gasteiger partial charge on any atom is 0.306 e. The molecule has 0 radical (unpaired) electrons. The molecule has 242 valence electrons. The second kappa shape index (κ2) is 18.1. The SMILES string of the molecule is C.C.C.C/C(=C\c1csc(C)n1)[C@@H]1C/C=C(/CC2OCCO2)CCC[C@H](C)[C@H](C)[C@@H](C)C(=O)C(C)(C)[C@@H](C)CC(=O)O1. The van der Waals surface area contributed by atoms with E-state index in [2.05, 4.69) is 31.8 Å². The molecule has 3 heterocycles. The van der Waals surface area contributed by atoms with Crippen LogP contribution in [0.1, 0.15) is 120 Å². The minimum absolute atomic E-state index is 0. The molecule has 2 aliphatic rings. The van der Waals surface area contributed by atoms with Crippen molar-refractivity contribution in [2.45, 2.75) is 129 Å². The van der Waals surface area contributed by atoms with Crippen LogP contribution < -0.4 is 0 Å². The van der Waals surface area contributed by atoms with Crippen molar-refractivity contribution in [1.82, 2.24) is 4.98 Å². The van der Waals surface area contributed by atoms with Crippen molar-refractivity contribution >= 4 is 29.2 Å². The lowest BCUT2D eigenvalue weighted by molar-refractivity contribution is -0.150. The van der Waals surface area contributed by atoms with Crippen LogP contribution in [0.4, 0.5) is 0 Å². The van der Waals surface area contributed by atoms with E-state index in [1.165, 1.54) is 5.57 Å². The van der Waals surface area contributed by atoms with Gasteiger partial charge in [-0.3, -0.25) is 9.59 Å². The Balaban J connectivity index is 0.00000560. The highest BCUT2D eigenvalue weighted by Crippen LogP contribution is 2.38. The van der Waals surface area contributed by atoms with E-state index < -0.39 is 11.5 Å². The number of aryl methyl sites for hydroxylation is 1. The van der Waals surface area contributed by atoms with Gasteiger partial charge in [-0.1, -0.05) is 81.9 Å². The number of ketones is 1. The van der Waals surface area contributed by atoms with E-state index in [0.29, 0.717) is 25.6 Å². The molecule has 1 saturated heterocycles. The lowest BCUT2D eigenvalue weighted by Crippen LogP contribution is -2.40. The predicted molar refractivity (Wildman–Crippen MR) is 177 cm³/mol. The van der Waals surface area contributed by atoms with Gasteiger partial charge >= 0.3 is 5.97 Å². The Kier molecular flexibility index (Phi) is 17.3. The van der Waals surface area contributed by atoms with Gasteiger partial charge < -0.3 is 14.2 Å². The number of carbonyl (C=O) groups excluding carboxylic acids is 2. The lowest BCUT2D eigenvalue weighted by Gasteiger charge is -2.36. The third-order valence-electron chi connectivity index (χ3n) is 9.13. The molecule has 0 bridgehead atoms. The summed E-state index contributed by atoms with van der Waals surface area (Å²) in [5.74, 6) is 0.448. The molecule has 1 aromatic heterocycles. The Labute approximate surface area is 261 Å². The second-order valence-corrected chi connectivity index (χ2v) is 13.4. The average Bonchev–Trinajstić information content (AvgIpc) is 3.55. The van der Waals surface area contributed by atoms with Crippen LogP contribution in [-0.2, 0) is 23.8 Å². The highest BCUT2D eigenvalue weighted by Gasteiger charge is 2.40. The fourth-order valence-electron chi connectivity index (χ4n) is 5.59. The van der Waals surface area contributed by atoms with Gasteiger partial charge in [-0.05, 0) is 56.1 Å². The van der Waals surface area contributed by atoms with Gasteiger partial charge in [-0.25, -0.2) is 4.98 Å². The number of Topliss-reactive ketones (excluding diaryl/α,β-unsaturated/α-hetero) is 1. The second-order valence-electron chi connectivity index (χ2n) is 12.3. The molecule has 2 aliphatic heterocycles. The van der Waals surface area contributed by atoms with E-state index in [1.54, 1.807) is 11.3 Å². The zero-order chi connectivity index (χ0) is 28.7. The smallest absolute Gasteiger partial charge is 0.306 e. The first-order valence-corrected chi connectivity index (χ1v) is 15.5. The maximum absolute atomic E-state index is 13.7. The Morgan fingerprint density at radius 3 is 2.33 bits per heavy atom. The Morgan fingerprint density at radius 1 is 1.10 bits per heavy atom. The number of thiazole rings is 1. The molecule has 5 atom stereocenters. The van der Waals surface area contributed by atoms with E-state index in [0.717, 1.165) is 42.0 Å². The number of carbonyl (C=O) groups is 2. The summed E-state index contributed by atoms with van der Waals surface area (Å²) in [5.41, 5.74) is 2.49. The Hall–Kier alpha value is -1.83. The molecule has 0 amide bonds. The molecular formula is C35H61NO5S. The fourth-order valence-corrected chi connectivity index (χ4v) is 6.16. The quantitative estimate of drug-likeness (QED) is 0.251. The molecule has 0 aliphatic carbocycles. The fraction of sp³-hybridized carbons (Fsp3) is 0.743. The largest absolute Gasteiger partial charge is 0.457 e. The summed E-state index contributed by atoms with van der Waals surface area (Å²) in [7, 11) is 0. The van der Waals surface area contributed by atoms with Crippen molar-refractivity contribution in [2.75, 3.05) is 13.2 Å². The van der Waals surface area contributed by atoms with Crippen LogP contribution in [-0.4, -0.2) is 42.3 Å². The lowest BCUT2D eigenvalue weighted by atomic mass is 9.67. The normalized spacial score (nSPS) is 29.8. The standard InChI is InChI=1S/C32H49NO5S.3CH4/c1-20-10-9-11-26(18-30-36-14-15-37-30)12-13-28(21(2)16-27-19-39-25(6)33-27)38-29(34)17-22(3)32(7,8)31(35)24(5)23(20)4;;;/h12,16,19-20,22-24,28,30H,9-11,13-15,17-18H2,1-8H3;3*1H4/b21-16+,26-12+;;;/t20-,22-,23-,24+,28-;;;/m0.../s1. The molecule has 3 rings (SSSR count). The van der Waals surface area contributed by atoms with Gasteiger partial charge in [0.1, 0.15) is 11.9 Å². The minimum atomic E-state index is -0.615. The number of rotatable bonds is 4. The molecule has 0 saturated carbocycles. The van der Waals surface area contributed by atoms with Crippen molar-refractivity contribution in [2.24, 2.45) is 29.1 Å². The maximum atomic E-state index is 13.7. The van der Waals surface area contributed by atoms with Crippen molar-refractivity contribution in [1.29, 1.82) is 0 Å². The molecule has 6 nitrogen and oxygen atoms in total. The number of aromatic nitrogens is 1. The van der Waals surface area contributed by atoms with Crippen molar-refractivity contribution in [3.8, 4) is 0 Å². The highest BCUT2D eigenvalue weighted by atomic mass is 32.1. The van der Waals surface area contributed by atoms with Gasteiger partial charge in [0.05, 0.1) is 23.9 Å². The summed E-state index contributed by atoms with van der Waals surface area (Å²) in [6, 6.07) is 0. The van der Waals surface area contributed by atoms with E-state index in [4.69, 9.17) is 14.2 Å². The minimum Gasteiger partial charge on any atom is -0.457 e. The summed E-state index contributed by atoms with van der Waals surface area (Å²) < 4.78 is 17.6. The predicted octanol–water partition coefficient (Wildman–Crippen LogP) is 9.47. The molecule has 0 unspecified atom stereocenters. The van der Waals surface area contributed by atoms with Crippen LogP contribution in [0.2, 0.25) is 0 Å². The van der Waals surface area contributed by atoms with Crippen molar-refractivity contribution in [3.63, 3.8) is 0 Å². The molecule has 1 aromatic rings. The van der Waals surface area contributed by atoms with Gasteiger partial charge in [-0.15, -0.1) is 11.3 Å². The first-order chi connectivity index (χ1) is 18.4. The number of hydrogen-bond acceptors (Lipinski definition) is 7. The Morgan fingerprint density at radius 2 is 1.74 bits per heavy atom. The summed E-state index contributed by atoms with van der Waals surface area (Å²) in [5, 5.41) is 3.02. The number of esters is 1. The summed E-state index contributed by atoms with van der Waals surface area (Å²) >= 11 is 1.60. The van der Waals surface area contributed by atoms with Gasteiger partial charge in [0, 0.05) is 36.0 Å². The van der Waals surface area contributed by atoms with E-state index >= 15 is 0 Å². The summed E-state index contributed by atoms with van der Waals surface area (Å²) in [4.78, 5) is 31.5. The topological polar surface area (TPSA) is 74.7 Å². The monoisotopic (exact) mass is 607 g/mol. The molecular weight excluding hydrogens is 546 g/mol. The zero-order valence-corrected chi connectivity index (χ0v) is 26.1. The number of ether oxygens (including phenoxy) is 3. The first-order valence-electron chi connectivity index (χ1n) is 14.6. The zero-order valence-electron chi connectivity index (χ0n) is 25.2. The summed E-state index contributed by atoms with van der Waals surface area (Å²) in [6.07, 6.45) is 8.14. The highest BCUT2D eigenvalue weighted by molar-refractivity contribution is 7.09. The molecule has 0 aromatic carbocycles. The first kappa shape index (κ1) is 40.2. The van der Waals surface area contributed by atoms with Gasteiger partial charge in [0.25, 0.3) is 0 Å². The van der Waals surface area contributed by atoms with E-state index in [1.807, 2.05) is 46.1 Å². The Bertz CT molecular complexity index is 1040. The van der Waals surface area contributed by atoms with Crippen LogP contribution in [0.25, 0.3) is 6.08 Å². The third kappa shape index (κ3) is 11.0. The molecule has 42 heavy (non-hydrogen) atoms. The number of hydrogen-bond donors (Lipinski definition) is 0. The third-order valence-corrected chi connectivity index (χ3v) is 9.92. The van der Waals surface area contributed by atoms with Crippen LogP contribution in [0.5, 0.6) is 0 Å². The van der Waals surface area contributed by atoms with E-state index in [-0.39, 0.29) is 64.5 Å². The number of cyclic esters (lactones) is 1. The van der Waals surface area contributed by atoms with Crippen LogP contribution in [0, 0.1) is 36.0 Å². The van der Waals surface area contributed by atoms with E-state index in [9.17, 15) is 9.59 Å². The van der Waals surface area contributed by atoms with Gasteiger partial charge in [-0.2, -0.15) is 0 Å². The average molecular weight is 608 g/mol. The number of nitrogens with zero attached hydrogens (tertiary/aromatic N) is 1. The molecule has 1 fully saturated rings. The van der Waals surface area contributed by atoms with Gasteiger partial charge in [0.15, 0.2) is 6.29 Å². The molecule has 0 N–H and O–H groups in total. The van der Waals surface area contributed by atoms with Crippen LogP contribution in [0.3, 0.4) is 0 Å². The summed E-state index contributed by atoms with van der Waals surface area (Å²) in [6.45, 7) is 17.7. The van der Waals surface area contributed by atoms with Crippen molar-refractivity contribution in [3.05, 3.63) is 33.3 Å². The molecule has 7 heteroatoms. The van der Waals surface area contributed by atoms with Gasteiger partial charge in [0.2, 0.25) is 0 Å². The van der Waals surface area contributed by atoms with Crippen molar-refractivity contribution < 1.29 is 23.8 Å². The van der Waals surface area contributed by atoms with Crippen LogP contribution >= 0.6 is 11.3 Å².